The average Bonchev–Trinajstić information content (AvgIpc) is 2.78. The van der Waals surface area contributed by atoms with Crippen molar-refractivity contribution in [1.29, 1.82) is 0 Å². The fourth-order valence-electron chi connectivity index (χ4n) is 1.13. The van der Waals surface area contributed by atoms with Crippen molar-refractivity contribution in [2.45, 2.75) is 19.4 Å². The van der Waals surface area contributed by atoms with Crippen molar-refractivity contribution in [2.75, 3.05) is 13.1 Å². The van der Waals surface area contributed by atoms with Crippen molar-refractivity contribution in [1.82, 2.24) is 10.6 Å². The van der Waals surface area contributed by atoms with Crippen LogP contribution in [0.25, 0.3) is 0 Å². The third-order valence-corrected chi connectivity index (χ3v) is 3.01. The number of hydrogen-bond donors (Lipinski definition) is 3. The number of nitrogens with two attached hydrogens (primary N) is 1. The molecule has 0 aliphatic carbocycles. The molecule has 1 aromatic heterocycles. The van der Waals surface area contributed by atoms with E-state index in [4.69, 9.17) is 5.73 Å². The molecule has 102 valence electrons. The maximum atomic E-state index is 11.5. The average molecular weight is 292 g/mol. The molecule has 5 nitrogen and oxygen atoms in total. The Balaban J connectivity index is 0.00000289. The summed E-state index contributed by atoms with van der Waals surface area (Å²) < 4.78 is 0. The van der Waals surface area contributed by atoms with E-state index < -0.39 is 5.54 Å². The predicted octanol–water partition coefficient (Wildman–Crippen LogP) is 0.753. The van der Waals surface area contributed by atoms with E-state index in [1.807, 2.05) is 19.2 Å². The van der Waals surface area contributed by atoms with E-state index in [0.717, 1.165) is 0 Å². The Morgan fingerprint density at radius 1 is 1.44 bits per heavy atom. The van der Waals surface area contributed by atoms with Crippen LogP contribution in [-0.2, 0) is 4.79 Å². The van der Waals surface area contributed by atoms with Gasteiger partial charge in [0.15, 0.2) is 0 Å². The minimum Gasteiger partial charge on any atom is -0.348 e. The lowest BCUT2D eigenvalue weighted by atomic mass is 10.1. The second kappa shape index (κ2) is 7.35. The number of carbonyl (C=O) groups is 2. The molecule has 0 aromatic carbocycles. The summed E-state index contributed by atoms with van der Waals surface area (Å²) in [5.41, 5.74) is 5.03. The first kappa shape index (κ1) is 16.9. The maximum Gasteiger partial charge on any atom is 0.261 e. The Bertz CT molecular complexity index is 393. The molecule has 0 atom stereocenters. The van der Waals surface area contributed by atoms with Crippen LogP contribution in [0, 0.1) is 0 Å². The third-order valence-electron chi connectivity index (χ3n) is 2.14. The zero-order chi connectivity index (χ0) is 12.9. The highest BCUT2D eigenvalue weighted by Gasteiger charge is 2.18. The van der Waals surface area contributed by atoms with Gasteiger partial charge in [-0.05, 0) is 25.3 Å². The van der Waals surface area contributed by atoms with Gasteiger partial charge in [0, 0.05) is 12.1 Å². The lowest BCUT2D eigenvalue weighted by molar-refractivity contribution is -0.121. The zero-order valence-electron chi connectivity index (χ0n) is 10.4. The van der Waals surface area contributed by atoms with Gasteiger partial charge in [-0.15, -0.1) is 23.7 Å². The van der Waals surface area contributed by atoms with E-state index in [9.17, 15) is 9.59 Å². The van der Waals surface area contributed by atoms with Crippen molar-refractivity contribution in [3.05, 3.63) is 22.4 Å². The van der Waals surface area contributed by atoms with Gasteiger partial charge in [0.2, 0.25) is 5.91 Å². The molecular formula is C11H18ClN3O2S. The second-order valence-electron chi connectivity index (χ2n) is 4.30. The minimum absolute atomic E-state index is 0. The van der Waals surface area contributed by atoms with Crippen molar-refractivity contribution >= 4 is 35.6 Å². The van der Waals surface area contributed by atoms with Crippen LogP contribution >= 0.6 is 23.7 Å². The van der Waals surface area contributed by atoms with Crippen LogP contribution in [0.15, 0.2) is 17.5 Å². The number of hydrogen-bond acceptors (Lipinski definition) is 4. The van der Waals surface area contributed by atoms with Gasteiger partial charge < -0.3 is 16.4 Å². The van der Waals surface area contributed by atoms with Gasteiger partial charge in [0.25, 0.3) is 5.91 Å². The Hall–Kier alpha value is -1.11. The first-order chi connectivity index (χ1) is 7.94. The molecule has 18 heavy (non-hydrogen) atoms. The molecule has 0 aliphatic rings. The molecule has 1 heterocycles. The first-order valence-corrected chi connectivity index (χ1v) is 6.15. The Morgan fingerprint density at radius 3 is 2.61 bits per heavy atom. The number of rotatable bonds is 5. The highest BCUT2D eigenvalue weighted by Crippen LogP contribution is 2.07. The molecule has 0 spiro atoms. The van der Waals surface area contributed by atoms with Crippen LogP contribution in [0.2, 0.25) is 0 Å². The van der Waals surface area contributed by atoms with Crippen molar-refractivity contribution in [2.24, 2.45) is 5.73 Å². The van der Waals surface area contributed by atoms with Crippen LogP contribution < -0.4 is 16.4 Å². The van der Waals surface area contributed by atoms with Gasteiger partial charge >= 0.3 is 0 Å². The molecule has 0 saturated carbocycles. The molecular weight excluding hydrogens is 274 g/mol. The molecule has 0 radical (unpaired) electrons. The van der Waals surface area contributed by atoms with E-state index in [2.05, 4.69) is 10.6 Å². The second-order valence-corrected chi connectivity index (χ2v) is 5.24. The van der Waals surface area contributed by atoms with Crippen LogP contribution in [-0.4, -0.2) is 30.4 Å². The highest BCUT2D eigenvalue weighted by atomic mass is 35.5. The maximum absolute atomic E-state index is 11.5. The van der Waals surface area contributed by atoms with E-state index in [0.29, 0.717) is 11.4 Å². The number of amides is 2. The fraction of sp³-hybridized carbons (Fsp3) is 0.455. The van der Waals surface area contributed by atoms with Crippen LogP contribution in [0.3, 0.4) is 0 Å². The summed E-state index contributed by atoms with van der Waals surface area (Å²) in [6.07, 6.45) is 0. The Kier molecular flexibility index (Phi) is 6.90. The molecule has 0 saturated heterocycles. The molecule has 0 unspecified atom stereocenters. The number of carbonyl (C=O) groups excluding carboxylic acids is 2. The summed E-state index contributed by atoms with van der Waals surface area (Å²) in [7, 11) is 0. The van der Waals surface area contributed by atoms with Crippen molar-refractivity contribution in [3.63, 3.8) is 0 Å². The standard InChI is InChI=1S/C11H17N3O2S.ClH/c1-11(2,7-12)14-9(15)6-13-10(16)8-4-3-5-17-8;/h3-5H,6-7,12H2,1-2H3,(H,13,16)(H,14,15);1H. The summed E-state index contributed by atoms with van der Waals surface area (Å²) in [4.78, 5) is 23.6. The van der Waals surface area contributed by atoms with Gasteiger partial charge in [-0.25, -0.2) is 0 Å². The molecule has 4 N–H and O–H groups in total. The fourth-order valence-corrected chi connectivity index (χ4v) is 1.77. The van der Waals surface area contributed by atoms with E-state index in [-0.39, 0.29) is 30.8 Å². The smallest absolute Gasteiger partial charge is 0.261 e. The molecule has 1 aromatic rings. The van der Waals surface area contributed by atoms with Gasteiger partial charge in [0.05, 0.1) is 11.4 Å². The molecule has 2 amide bonds. The quantitative estimate of drug-likeness (QED) is 0.748. The van der Waals surface area contributed by atoms with Gasteiger partial charge in [-0.2, -0.15) is 0 Å². The summed E-state index contributed by atoms with van der Waals surface area (Å²) in [5, 5.41) is 7.09. The summed E-state index contributed by atoms with van der Waals surface area (Å²) in [5.74, 6) is -0.480. The van der Waals surface area contributed by atoms with Crippen LogP contribution in [0.5, 0.6) is 0 Å². The number of thiophene rings is 1. The van der Waals surface area contributed by atoms with Crippen LogP contribution in [0.4, 0.5) is 0 Å². The molecule has 1 rings (SSSR count). The van der Waals surface area contributed by atoms with E-state index in [1.165, 1.54) is 11.3 Å². The molecule has 7 heteroatoms. The highest BCUT2D eigenvalue weighted by molar-refractivity contribution is 7.12. The molecule has 0 aliphatic heterocycles. The van der Waals surface area contributed by atoms with E-state index in [1.54, 1.807) is 12.1 Å². The van der Waals surface area contributed by atoms with Gasteiger partial charge in [-0.1, -0.05) is 6.07 Å². The summed E-state index contributed by atoms with van der Waals surface area (Å²) >= 11 is 1.34. The lowest BCUT2D eigenvalue weighted by Gasteiger charge is -2.24. The summed E-state index contributed by atoms with van der Waals surface area (Å²) in [6, 6.07) is 3.50. The topological polar surface area (TPSA) is 84.2 Å². The van der Waals surface area contributed by atoms with Crippen molar-refractivity contribution in [3.8, 4) is 0 Å². The zero-order valence-corrected chi connectivity index (χ0v) is 12.0. The van der Waals surface area contributed by atoms with Gasteiger partial charge in [0.1, 0.15) is 0 Å². The minimum atomic E-state index is -0.454. The predicted molar refractivity (Wildman–Crippen MR) is 75.2 cm³/mol. The Labute approximate surface area is 117 Å². The first-order valence-electron chi connectivity index (χ1n) is 5.27. The Morgan fingerprint density at radius 2 is 2.11 bits per heavy atom. The third kappa shape index (κ3) is 5.48. The monoisotopic (exact) mass is 291 g/mol. The number of halogens is 1. The van der Waals surface area contributed by atoms with E-state index >= 15 is 0 Å². The SMILES string of the molecule is CC(C)(CN)NC(=O)CNC(=O)c1cccs1.Cl. The normalized spacial score (nSPS) is 10.4. The van der Waals surface area contributed by atoms with Crippen molar-refractivity contribution < 1.29 is 9.59 Å². The van der Waals surface area contributed by atoms with Gasteiger partial charge in [-0.3, -0.25) is 9.59 Å². The summed E-state index contributed by atoms with van der Waals surface area (Å²) in [6.45, 7) is 3.95. The molecule has 0 fully saturated rings. The van der Waals surface area contributed by atoms with Crippen LogP contribution in [0.1, 0.15) is 23.5 Å². The number of nitrogens with one attached hydrogen (secondary N) is 2. The molecule has 0 bridgehead atoms. The lowest BCUT2D eigenvalue weighted by Crippen LogP contribution is -2.51. The largest absolute Gasteiger partial charge is 0.348 e.